The molecule has 2 heterocycles. The fourth-order valence-corrected chi connectivity index (χ4v) is 5.40. The van der Waals surface area contributed by atoms with E-state index in [1.807, 2.05) is 36.4 Å². The quantitative estimate of drug-likeness (QED) is 0.283. The van der Waals surface area contributed by atoms with Crippen molar-refractivity contribution >= 4 is 28.9 Å². The number of hydrogen-bond acceptors (Lipinski definition) is 5. The van der Waals surface area contributed by atoms with E-state index in [2.05, 4.69) is 5.32 Å². The van der Waals surface area contributed by atoms with E-state index in [1.54, 1.807) is 37.3 Å². The molecule has 6 nitrogen and oxygen atoms in total. The van der Waals surface area contributed by atoms with E-state index in [4.69, 9.17) is 4.42 Å². The lowest BCUT2D eigenvalue weighted by Gasteiger charge is -2.13. The van der Waals surface area contributed by atoms with Crippen LogP contribution in [-0.4, -0.2) is 10.5 Å². The van der Waals surface area contributed by atoms with E-state index >= 15 is 0 Å². The average molecular weight is 586 g/mol. The molecule has 0 aliphatic rings. The van der Waals surface area contributed by atoms with E-state index < -0.39 is 29.2 Å². The van der Waals surface area contributed by atoms with Crippen LogP contribution in [0, 0.1) is 11.3 Å². The van der Waals surface area contributed by atoms with Crippen LogP contribution in [0.4, 0.5) is 13.2 Å². The largest absolute Gasteiger partial charge is 0.457 e. The number of carbonyl (C=O) groups excluding carboxylic acids is 1. The number of amides is 1. The van der Waals surface area contributed by atoms with Crippen LogP contribution >= 0.6 is 11.3 Å². The predicted molar refractivity (Wildman–Crippen MR) is 154 cm³/mol. The highest BCUT2D eigenvalue weighted by molar-refractivity contribution is 7.07. The molecule has 10 heteroatoms. The number of hydrogen-bond donors (Lipinski definition) is 1. The van der Waals surface area contributed by atoms with Gasteiger partial charge in [-0.25, -0.2) is 0 Å². The van der Waals surface area contributed by atoms with Crippen molar-refractivity contribution in [3.05, 3.63) is 133 Å². The van der Waals surface area contributed by atoms with E-state index in [-0.39, 0.29) is 31.9 Å². The molecule has 0 saturated carbocycles. The molecule has 5 rings (SSSR count). The van der Waals surface area contributed by atoms with Gasteiger partial charge in [-0.3, -0.25) is 14.2 Å². The topological polar surface area (TPSA) is 88.0 Å². The first-order chi connectivity index (χ1) is 20.2. The second kappa shape index (κ2) is 11.8. The van der Waals surface area contributed by atoms with Crippen molar-refractivity contribution in [1.29, 1.82) is 5.26 Å². The molecule has 1 N–H and O–H groups in total. The molecule has 0 aliphatic heterocycles. The van der Waals surface area contributed by atoms with E-state index in [0.717, 1.165) is 29.0 Å². The zero-order valence-corrected chi connectivity index (χ0v) is 22.9. The van der Waals surface area contributed by atoms with Crippen LogP contribution in [0.25, 0.3) is 28.7 Å². The number of nitriles is 1. The summed E-state index contributed by atoms with van der Waals surface area (Å²) in [6.07, 6.45) is -3.07. The highest BCUT2D eigenvalue weighted by atomic mass is 32.1. The Hall–Kier alpha value is -5.14. The van der Waals surface area contributed by atoms with Gasteiger partial charge in [-0.2, -0.15) is 18.4 Å². The predicted octanol–water partition coefficient (Wildman–Crippen LogP) is 5.56. The Morgan fingerprint density at radius 1 is 1.00 bits per heavy atom. The lowest BCUT2D eigenvalue weighted by atomic mass is 10.1. The van der Waals surface area contributed by atoms with Crippen LogP contribution in [0.1, 0.15) is 29.9 Å². The molecule has 0 spiro atoms. The first kappa shape index (κ1) is 28.4. The van der Waals surface area contributed by atoms with E-state index in [9.17, 15) is 28.0 Å². The van der Waals surface area contributed by atoms with Crippen LogP contribution in [0.15, 0.2) is 106 Å². The van der Waals surface area contributed by atoms with Gasteiger partial charge in [-0.15, -0.1) is 11.3 Å². The summed E-state index contributed by atoms with van der Waals surface area (Å²) in [4.78, 5) is 26.9. The van der Waals surface area contributed by atoms with Crippen molar-refractivity contribution in [3.8, 4) is 23.1 Å². The number of aromatic nitrogens is 1. The van der Waals surface area contributed by atoms with Gasteiger partial charge in [0.05, 0.1) is 21.8 Å². The van der Waals surface area contributed by atoms with Crippen molar-refractivity contribution in [2.24, 2.45) is 0 Å². The van der Waals surface area contributed by atoms with Crippen LogP contribution in [0.5, 0.6) is 0 Å². The summed E-state index contributed by atoms with van der Waals surface area (Å²) >= 11 is 0.936. The van der Waals surface area contributed by atoms with E-state index in [0.29, 0.717) is 5.69 Å². The molecule has 3 aromatic carbocycles. The smallest absolute Gasteiger partial charge is 0.416 e. The molecule has 2 aromatic heterocycles. The van der Waals surface area contributed by atoms with Gasteiger partial charge in [0.15, 0.2) is 5.57 Å². The molecule has 0 aliphatic carbocycles. The molecule has 1 amide bonds. The lowest BCUT2D eigenvalue weighted by molar-refractivity contribution is -0.137. The van der Waals surface area contributed by atoms with Crippen molar-refractivity contribution in [2.75, 3.05) is 0 Å². The molecule has 5 aromatic rings. The molecule has 0 saturated heterocycles. The van der Waals surface area contributed by atoms with Crippen molar-refractivity contribution in [2.45, 2.75) is 19.1 Å². The number of para-hydroxylation sites is 1. The first-order valence-electron chi connectivity index (χ1n) is 12.7. The SMILES string of the molecule is C[C@H](NC(=O)/C(C#N)=c1\s/c(=C/c2ccc(-c3cccc(C(F)(F)F)c3)o2)c(=O)n1-c1ccccc1)c1ccccc1. The fourth-order valence-electron chi connectivity index (χ4n) is 4.31. The van der Waals surface area contributed by atoms with Gasteiger partial charge >= 0.3 is 6.18 Å². The minimum atomic E-state index is -4.51. The Bertz CT molecular complexity index is 1970. The third-order valence-corrected chi connectivity index (χ3v) is 7.50. The van der Waals surface area contributed by atoms with Crippen LogP contribution in [-0.2, 0) is 11.0 Å². The molecule has 210 valence electrons. The Morgan fingerprint density at radius 2 is 1.69 bits per heavy atom. The Balaban J connectivity index is 1.60. The summed E-state index contributed by atoms with van der Waals surface area (Å²) in [6, 6.07) is 27.2. The summed E-state index contributed by atoms with van der Waals surface area (Å²) < 4.78 is 46.9. The summed E-state index contributed by atoms with van der Waals surface area (Å²) in [5.74, 6) is -0.240. The van der Waals surface area contributed by atoms with Crippen LogP contribution < -0.4 is 20.1 Å². The summed E-state index contributed by atoms with van der Waals surface area (Å²) in [6.45, 7) is 1.79. The molecular formula is C32H22F3N3O3S. The van der Waals surface area contributed by atoms with Gasteiger partial charge in [-0.1, -0.05) is 60.7 Å². The molecule has 0 fully saturated rings. The maximum atomic E-state index is 13.6. The lowest BCUT2D eigenvalue weighted by Crippen LogP contribution is -2.34. The second-order valence-electron chi connectivity index (χ2n) is 9.27. The van der Waals surface area contributed by atoms with Gasteiger partial charge in [-0.05, 0) is 48.9 Å². The zero-order chi connectivity index (χ0) is 29.9. The maximum Gasteiger partial charge on any atom is 0.416 e. The highest BCUT2D eigenvalue weighted by Crippen LogP contribution is 2.32. The van der Waals surface area contributed by atoms with Gasteiger partial charge in [0.1, 0.15) is 22.3 Å². The molecule has 0 bridgehead atoms. The first-order valence-corrected chi connectivity index (χ1v) is 13.5. The summed E-state index contributed by atoms with van der Waals surface area (Å²) in [5, 5.41) is 12.9. The Labute approximate surface area is 241 Å². The van der Waals surface area contributed by atoms with Crippen molar-refractivity contribution < 1.29 is 22.4 Å². The number of nitrogens with one attached hydrogen (secondary N) is 1. The van der Waals surface area contributed by atoms with Crippen molar-refractivity contribution in [1.82, 2.24) is 9.88 Å². The number of thiazole rings is 1. The van der Waals surface area contributed by atoms with Gasteiger partial charge in [0.25, 0.3) is 11.5 Å². The second-order valence-corrected chi connectivity index (χ2v) is 10.3. The molecular weight excluding hydrogens is 563 g/mol. The van der Waals surface area contributed by atoms with Crippen LogP contribution in [0.3, 0.4) is 0 Å². The number of rotatable bonds is 6. The number of benzene rings is 3. The molecule has 0 unspecified atom stereocenters. The number of furan rings is 1. The van der Waals surface area contributed by atoms with Crippen molar-refractivity contribution in [3.63, 3.8) is 0 Å². The number of nitrogens with zero attached hydrogens (tertiary/aromatic N) is 2. The molecule has 1 atom stereocenters. The standard InChI is InChI=1S/C32H22F3N3O3S/c1-20(21-9-4-2-5-10-21)37-29(39)26(19-36)31-38(24-13-6-3-7-14-24)30(40)28(42-31)18-25-15-16-27(41-25)22-11-8-12-23(17-22)32(33,34)35/h2-18,20H,1H3,(H,37,39)/b28-18+,31-26-/t20-/m0/s1. The van der Waals surface area contributed by atoms with E-state index in [1.165, 1.54) is 34.9 Å². The van der Waals surface area contributed by atoms with Gasteiger partial charge < -0.3 is 9.73 Å². The molecule has 0 radical (unpaired) electrons. The fraction of sp³-hybridized carbons (Fsp3) is 0.0938. The Kier molecular flexibility index (Phi) is 7.95. The van der Waals surface area contributed by atoms with Crippen LogP contribution in [0.2, 0.25) is 0 Å². The molecule has 42 heavy (non-hydrogen) atoms. The minimum Gasteiger partial charge on any atom is -0.457 e. The number of carbonyl (C=O) groups is 1. The zero-order valence-electron chi connectivity index (χ0n) is 22.1. The normalized spacial score (nSPS) is 13.4. The van der Waals surface area contributed by atoms with Gasteiger partial charge in [0, 0.05) is 11.6 Å². The highest BCUT2D eigenvalue weighted by Gasteiger charge is 2.30. The average Bonchev–Trinajstić information content (AvgIpc) is 3.58. The third-order valence-electron chi connectivity index (χ3n) is 6.41. The minimum absolute atomic E-state index is 0.127. The van der Waals surface area contributed by atoms with Gasteiger partial charge in [0.2, 0.25) is 0 Å². The summed E-state index contributed by atoms with van der Waals surface area (Å²) in [5.41, 5.74) is -0.0212. The maximum absolute atomic E-state index is 13.6. The number of halogens is 3. The third kappa shape index (κ3) is 5.96. The Morgan fingerprint density at radius 3 is 2.36 bits per heavy atom. The summed E-state index contributed by atoms with van der Waals surface area (Å²) in [7, 11) is 0. The monoisotopic (exact) mass is 585 g/mol. The number of alkyl halides is 3.